The molecule has 1 amide bonds. The van der Waals surface area contributed by atoms with Gasteiger partial charge >= 0.3 is 0 Å². The van der Waals surface area contributed by atoms with E-state index in [9.17, 15) is 9.90 Å². The van der Waals surface area contributed by atoms with E-state index in [1.54, 1.807) is 23.9 Å². The fraction of sp³-hybridized carbons (Fsp3) is 0.143. The summed E-state index contributed by atoms with van der Waals surface area (Å²) in [7, 11) is 0. The molecule has 5 heteroatoms. The second-order valence-electron chi connectivity index (χ2n) is 6.24. The molecule has 1 unspecified atom stereocenters. The first-order valence-corrected chi connectivity index (χ1v) is 8.38. The van der Waals surface area contributed by atoms with Crippen molar-refractivity contribution < 1.29 is 9.90 Å². The van der Waals surface area contributed by atoms with Gasteiger partial charge in [-0.1, -0.05) is 48.5 Å². The summed E-state index contributed by atoms with van der Waals surface area (Å²) >= 11 is 0. The second kappa shape index (κ2) is 7.80. The number of hydrogen-bond acceptors (Lipinski definition) is 3. The van der Waals surface area contributed by atoms with E-state index in [1.807, 2.05) is 66.9 Å². The van der Waals surface area contributed by atoms with Gasteiger partial charge in [0.15, 0.2) is 0 Å². The molecule has 0 saturated heterocycles. The van der Waals surface area contributed by atoms with E-state index in [1.165, 1.54) is 6.08 Å². The normalized spacial score (nSPS) is 13.5. The molecule has 2 aromatic carbocycles. The van der Waals surface area contributed by atoms with Crippen LogP contribution in [0.25, 0.3) is 11.8 Å². The SMILES string of the molecule is CC(O)(CNC(=O)C=Cc1cnn(-c2ccccc2)c1)c1ccccc1. The van der Waals surface area contributed by atoms with Crippen molar-refractivity contribution >= 4 is 12.0 Å². The quantitative estimate of drug-likeness (QED) is 0.674. The zero-order chi connectivity index (χ0) is 18.4. The molecule has 132 valence electrons. The third kappa shape index (κ3) is 4.46. The van der Waals surface area contributed by atoms with Crippen LogP contribution in [0, 0.1) is 0 Å². The first kappa shape index (κ1) is 17.6. The number of aromatic nitrogens is 2. The van der Waals surface area contributed by atoms with Gasteiger partial charge < -0.3 is 10.4 Å². The number of carbonyl (C=O) groups is 1. The lowest BCUT2D eigenvalue weighted by Gasteiger charge is -2.23. The number of aliphatic hydroxyl groups is 1. The molecule has 1 aromatic heterocycles. The first-order valence-electron chi connectivity index (χ1n) is 8.38. The number of rotatable bonds is 6. The monoisotopic (exact) mass is 347 g/mol. The highest BCUT2D eigenvalue weighted by Gasteiger charge is 2.22. The Morgan fingerprint density at radius 2 is 1.81 bits per heavy atom. The molecule has 0 saturated carbocycles. The molecule has 0 aliphatic heterocycles. The first-order chi connectivity index (χ1) is 12.5. The third-order valence-corrected chi connectivity index (χ3v) is 4.05. The lowest BCUT2D eigenvalue weighted by molar-refractivity contribution is -0.117. The highest BCUT2D eigenvalue weighted by Crippen LogP contribution is 2.18. The summed E-state index contributed by atoms with van der Waals surface area (Å²) < 4.78 is 1.75. The molecule has 3 aromatic rings. The number of carbonyl (C=O) groups excluding carboxylic acids is 1. The summed E-state index contributed by atoms with van der Waals surface area (Å²) in [5.41, 5.74) is 1.41. The molecule has 0 spiro atoms. The van der Waals surface area contributed by atoms with Crippen LogP contribution in [0.3, 0.4) is 0 Å². The molecule has 1 heterocycles. The average Bonchev–Trinajstić information content (AvgIpc) is 3.15. The molecule has 0 radical (unpaired) electrons. The predicted octanol–water partition coefficient (Wildman–Crippen LogP) is 2.91. The van der Waals surface area contributed by atoms with Gasteiger partial charge in [-0.15, -0.1) is 0 Å². The van der Waals surface area contributed by atoms with E-state index in [-0.39, 0.29) is 12.5 Å². The van der Waals surface area contributed by atoms with Crippen LogP contribution in [0.1, 0.15) is 18.1 Å². The Kier molecular flexibility index (Phi) is 5.29. The van der Waals surface area contributed by atoms with Crippen molar-refractivity contribution in [2.75, 3.05) is 6.54 Å². The van der Waals surface area contributed by atoms with Crippen molar-refractivity contribution in [3.8, 4) is 5.69 Å². The molecule has 3 rings (SSSR count). The van der Waals surface area contributed by atoms with Crippen molar-refractivity contribution in [3.05, 3.63) is 90.3 Å². The summed E-state index contributed by atoms with van der Waals surface area (Å²) in [4.78, 5) is 12.0. The summed E-state index contributed by atoms with van der Waals surface area (Å²) in [6, 6.07) is 19.0. The van der Waals surface area contributed by atoms with Gasteiger partial charge in [0.1, 0.15) is 5.60 Å². The van der Waals surface area contributed by atoms with Gasteiger partial charge in [-0.05, 0) is 30.7 Å². The van der Waals surface area contributed by atoms with E-state index < -0.39 is 5.60 Å². The molecule has 0 fully saturated rings. The van der Waals surface area contributed by atoms with Crippen molar-refractivity contribution in [1.29, 1.82) is 0 Å². The maximum atomic E-state index is 12.0. The maximum absolute atomic E-state index is 12.0. The fourth-order valence-electron chi connectivity index (χ4n) is 2.53. The molecule has 2 N–H and O–H groups in total. The summed E-state index contributed by atoms with van der Waals surface area (Å²) in [6.45, 7) is 1.81. The van der Waals surface area contributed by atoms with Crippen LogP contribution in [0.15, 0.2) is 79.1 Å². The lowest BCUT2D eigenvalue weighted by atomic mass is 9.96. The fourth-order valence-corrected chi connectivity index (χ4v) is 2.53. The van der Waals surface area contributed by atoms with Crippen LogP contribution < -0.4 is 5.32 Å². The minimum atomic E-state index is -1.12. The Labute approximate surface area is 152 Å². The van der Waals surface area contributed by atoms with E-state index in [0.29, 0.717) is 0 Å². The van der Waals surface area contributed by atoms with Crippen molar-refractivity contribution in [2.45, 2.75) is 12.5 Å². The Balaban J connectivity index is 1.58. The summed E-state index contributed by atoms with van der Waals surface area (Å²) in [5, 5.41) is 17.5. The number of amides is 1. The van der Waals surface area contributed by atoms with Gasteiger partial charge in [-0.2, -0.15) is 5.10 Å². The van der Waals surface area contributed by atoms with Crippen molar-refractivity contribution in [3.63, 3.8) is 0 Å². The molecule has 0 aliphatic carbocycles. The third-order valence-electron chi connectivity index (χ3n) is 4.05. The molecular weight excluding hydrogens is 326 g/mol. The predicted molar refractivity (Wildman–Crippen MR) is 102 cm³/mol. The average molecular weight is 347 g/mol. The zero-order valence-electron chi connectivity index (χ0n) is 14.5. The number of nitrogens with zero attached hydrogens (tertiary/aromatic N) is 2. The minimum Gasteiger partial charge on any atom is -0.384 e. The smallest absolute Gasteiger partial charge is 0.244 e. The Bertz CT molecular complexity index is 884. The van der Waals surface area contributed by atoms with Crippen LogP contribution in [-0.4, -0.2) is 27.3 Å². The van der Waals surface area contributed by atoms with Gasteiger partial charge in [0.25, 0.3) is 0 Å². The van der Waals surface area contributed by atoms with Gasteiger partial charge in [0.2, 0.25) is 5.91 Å². The van der Waals surface area contributed by atoms with Crippen molar-refractivity contribution in [1.82, 2.24) is 15.1 Å². The number of para-hydroxylation sites is 1. The van der Waals surface area contributed by atoms with Gasteiger partial charge in [-0.25, -0.2) is 4.68 Å². The Morgan fingerprint density at radius 3 is 2.50 bits per heavy atom. The minimum absolute atomic E-state index is 0.128. The molecule has 26 heavy (non-hydrogen) atoms. The summed E-state index contributed by atoms with van der Waals surface area (Å²) in [6.07, 6.45) is 6.67. The molecular formula is C21H21N3O2. The number of nitrogens with one attached hydrogen (secondary N) is 1. The van der Waals surface area contributed by atoms with Crippen molar-refractivity contribution in [2.24, 2.45) is 0 Å². The van der Waals surface area contributed by atoms with E-state index in [0.717, 1.165) is 16.8 Å². The lowest BCUT2D eigenvalue weighted by Crippen LogP contribution is -2.37. The molecule has 0 bridgehead atoms. The highest BCUT2D eigenvalue weighted by molar-refractivity contribution is 5.91. The Morgan fingerprint density at radius 1 is 1.15 bits per heavy atom. The van der Waals surface area contributed by atoms with Crippen LogP contribution in [0.5, 0.6) is 0 Å². The maximum Gasteiger partial charge on any atom is 0.244 e. The topological polar surface area (TPSA) is 67.2 Å². The number of benzene rings is 2. The highest BCUT2D eigenvalue weighted by atomic mass is 16.3. The molecule has 1 atom stereocenters. The van der Waals surface area contributed by atoms with Gasteiger partial charge in [0.05, 0.1) is 18.4 Å². The molecule has 5 nitrogen and oxygen atoms in total. The second-order valence-corrected chi connectivity index (χ2v) is 6.24. The van der Waals surface area contributed by atoms with E-state index in [4.69, 9.17) is 0 Å². The van der Waals surface area contributed by atoms with Crippen LogP contribution in [0.4, 0.5) is 0 Å². The van der Waals surface area contributed by atoms with Gasteiger partial charge in [-0.3, -0.25) is 4.79 Å². The van der Waals surface area contributed by atoms with Crippen LogP contribution in [-0.2, 0) is 10.4 Å². The molecule has 0 aliphatic rings. The Hall–Kier alpha value is -3.18. The largest absolute Gasteiger partial charge is 0.384 e. The van der Waals surface area contributed by atoms with Crippen LogP contribution in [0.2, 0.25) is 0 Å². The zero-order valence-corrected chi connectivity index (χ0v) is 14.5. The summed E-state index contributed by atoms with van der Waals surface area (Å²) in [5.74, 6) is -0.270. The number of hydrogen-bond donors (Lipinski definition) is 2. The van der Waals surface area contributed by atoms with Gasteiger partial charge in [0, 0.05) is 17.8 Å². The standard InChI is InChI=1S/C21H21N3O2/c1-21(26,18-8-4-2-5-9-18)16-22-20(25)13-12-17-14-23-24(15-17)19-10-6-3-7-11-19/h2-15,26H,16H2,1H3,(H,22,25). The van der Waals surface area contributed by atoms with Crippen LogP contribution >= 0.6 is 0 Å². The van der Waals surface area contributed by atoms with E-state index >= 15 is 0 Å². The van der Waals surface area contributed by atoms with E-state index in [2.05, 4.69) is 10.4 Å².